The number of hydrogen-bond acceptors (Lipinski definition) is 3. The third kappa shape index (κ3) is 2.76. The van der Waals surface area contributed by atoms with Crippen LogP contribution in [0.2, 0.25) is 0 Å². The Morgan fingerprint density at radius 2 is 2.47 bits per heavy atom. The molecule has 0 unspecified atom stereocenters. The van der Waals surface area contributed by atoms with Crippen LogP contribution in [0.1, 0.15) is 5.56 Å². The molecule has 0 aliphatic heterocycles. The van der Waals surface area contributed by atoms with Crippen molar-refractivity contribution in [2.24, 2.45) is 0 Å². The summed E-state index contributed by atoms with van der Waals surface area (Å²) in [6.07, 6.45) is 8.33. The zero-order valence-electron chi connectivity index (χ0n) is 9.81. The Labute approximate surface area is 105 Å². The van der Waals surface area contributed by atoms with E-state index in [0.29, 0.717) is 6.54 Å². The predicted molar refractivity (Wildman–Crippen MR) is 72.0 cm³/mol. The van der Waals surface area contributed by atoms with Gasteiger partial charge in [0.05, 0.1) is 5.69 Å². The summed E-state index contributed by atoms with van der Waals surface area (Å²) in [6.45, 7) is 1.47. The molecule has 0 fully saturated rings. The van der Waals surface area contributed by atoms with Crippen LogP contribution >= 0.6 is 11.3 Å². The van der Waals surface area contributed by atoms with Crippen LogP contribution in [0.25, 0.3) is 11.3 Å². The fraction of sp³-hybridized carbons (Fsp3) is 0.308. The molecule has 0 atom stereocenters. The fourth-order valence-electron chi connectivity index (χ4n) is 1.72. The third-order valence-corrected chi connectivity index (χ3v) is 3.21. The van der Waals surface area contributed by atoms with E-state index in [1.165, 1.54) is 11.1 Å². The lowest BCUT2D eigenvalue weighted by Gasteiger charge is -1.99. The lowest BCUT2D eigenvalue weighted by atomic mass is 10.1. The number of terminal acetylenes is 1. The maximum absolute atomic E-state index is 5.32. The molecule has 1 N–H and O–H groups in total. The second-order valence-electron chi connectivity index (χ2n) is 3.77. The normalized spacial score (nSPS) is 10.4. The van der Waals surface area contributed by atoms with Crippen molar-refractivity contribution in [2.45, 2.75) is 13.0 Å². The Morgan fingerprint density at radius 1 is 1.59 bits per heavy atom. The van der Waals surface area contributed by atoms with Crippen LogP contribution in [0.4, 0.5) is 0 Å². The van der Waals surface area contributed by atoms with Crippen LogP contribution < -0.4 is 5.32 Å². The predicted octanol–water partition coefficient (Wildman–Crippen LogP) is 2.01. The largest absolute Gasteiger partial charge is 0.319 e. The second kappa shape index (κ2) is 5.67. The lowest BCUT2D eigenvalue weighted by molar-refractivity contribution is 0.716. The minimum Gasteiger partial charge on any atom is -0.319 e. The van der Waals surface area contributed by atoms with Gasteiger partial charge in [0.15, 0.2) is 0 Å². The number of nitrogens with zero attached hydrogens (tertiary/aromatic N) is 2. The molecule has 0 saturated heterocycles. The van der Waals surface area contributed by atoms with Gasteiger partial charge >= 0.3 is 0 Å². The molecule has 0 aliphatic rings. The maximum atomic E-state index is 5.32. The zero-order valence-corrected chi connectivity index (χ0v) is 10.6. The highest BCUT2D eigenvalue weighted by Gasteiger charge is 2.10. The van der Waals surface area contributed by atoms with E-state index >= 15 is 0 Å². The van der Waals surface area contributed by atoms with Gasteiger partial charge < -0.3 is 5.32 Å². The number of nitrogens with one attached hydrogen (secondary N) is 1. The molecule has 17 heavy (non-hydrogen) atoms. The Kier molecular flexibility index (Phi) is 3.97. The summed E-state index contributed by atoms with van der Waals surface area (Å²) in [5, 5.41) is 11.9. The van der Waals surface area contributed by atoms with Crippen LogP contribution in [0.5, 0.6) is 0 Å². The van der Waals surface area contributed by atoms with Crippen LogP contribution in [0.15, 0.2) is 23.0 Å². The number of hydrogen-bond donors (Lipinski definition) is 1. The molecular formula is C13H15N3S. The van der Waals surface area contributed by atoms with Crippen LogP contribution in [-0.2, 0) is 13.0 Å². The number of likely N-dealkylation sites (N-methyl/N-ethyl adjacent to an activating group) is 1. The first kappa shape index (κ1) is 11.9. The summed E-state index contributed by atoms with van der Waals surface area (Å²) in [7, 11) is 1.95. The maximum Gasteiger partial charge on any atom is 0.101 e. The average Bonchev–Trinajstić information content (AvgIpc) is 2.95. The van der Waals surface area contributed by atoms with E-state index in [-0.39, 0.29) is 0 Å². The molecule has 0 radical (unpaired) electrons. The summed E-state index contributed by atoms with van der Waals surface area (Å²) >= 11 is 1.68. The summed E-state index contributed by atoms with van der Waals surface area (Å²) in [5.74, 6) is 2.61. The molecule has 2 aromatic rings. The minimum atomic E-state index is 0.524. The highest BCUT2D eigenvalue weighted by Crippen LogP contribution is 2.24. The van der Waals surface area contributed by atoms with Gasteiger partial charge in [0, 0.05) is 17.1 Å². The standard InChI is InChI=1S/C13H15N3S/c1-3-7-16-9-11(4-6-14-2)13(15-16)12-5-8-17-10-12/h1,5,8-10,14H,4,6-7H2,2H3. The molecule has 0 saturated carbocycles. The molecule has 0 bridgehead atoms. The van der Waals surface area contributed by atoms with Gasteiger partial charge in [-0.2, -0.15) is 16.4 Å². The summed E-state index contributed by atoms with van der Waals surface area (Å²) < 4.78 is 1.83. The summed E-state index contributed by atoms with van der Waals surface area (Å²) in [6, 6.07) is 2.09. The molecule has 2 rings (SSSR count). The highest BCUT2D eigenvalue weighted by molar-refractivity contribution is 7.08. The second-order valence-corrected chi connectivity index (χ2v) is 4.55. The van der Waals surface area contributed by atoms with Gasteiger partial charge in [0.25, 0.3) is 0 Å². The Morgan fingerprint density at radius 3 is 3.12 bits per heavy atom. The smallest absolute Gasteiger partial charge is 0.101 e. The van der Waals surface area contributed by atoms with Crippen molar-refractivity contribution in [1.29, 1.82) is 0 Å². The molecule has 2 aromatic heterocycles. The third-order valence-electron chi connectivity index (χ3n) is 2.53. The van der Waals surface area contributed by atoms with Crippen molar-refractivity contribution < 1.29 is 0 Å². The first-order valence-corrected chi connectivity index (χ1v) is 6.46. The number of rotatable bonds is 5. The molecule has 3 nitrogen and oxygen atoms in total. The lowest BCUT2D eigenvalue weighted by Crippen LogP contribution is -2.10. The number of aromatic nitrogens is 2. The van der Waals surface area contributed by atoms with Crippen molar-refractivity contribution in [3.05, 3.63) is 28.6 Å². The highest BCUT2D eigenvalue weighted by atomic mass is 32.1. The van der Waals surface area contributed by atoms with Crippen molar-refractivity contribution in [2.75, 3.05) is 13.6 Å². The topological polar surface area (TPSA) is 29.9 Å². The molecule has 4 heteroatoms. The van der Waals surface area contributed by atoms with Crippen molar-refractivity contribution in [1.82, 2.24) is 15.1 Å². The Hall–Kier alpha value is -1.57. The SMILES string of the molecule is C#CCn1cc(CCNC)c(-c2ccsc2)n1. The first-order valence-electron chi connectivity index (χ1n) is 5.52. The molecule has 0 aliphatic carbocycles. The first-order chi connectivity index (χ1) is 8.35. The van der Waals surface area contributed by atoms with Gasteiger partial charge in [0.2, 0.25) is 0 Å². The van der Waals surface area contributed by atoms with Crippen LogP contribution in [0, 0.1) is 12.3 Å². The summed E-state index contributed by atoms with van der Waals surface area (Å²) in [5.41, 5.74) is 3.47. The van der Waals surface area contributed by atoms with E-state index in [1.54, 1.807) is 11.3 Å². The summed E-state index contributed by atoms with van der Waals surface area (Å²) in [4.78, 5) is 0. The molecular weight excluding hydrogens is 230 g/mol. The molecule has 2 heterocycles. The molecule has 0 amide bonds. The molecule has 88 valence electrons. The van der Waals surface area contributed by atoms with E-state index in [1.807, 2.05) is 17.9 Å². The number of thiophene rings is 1. The van der Waals surface area contributed by atoms with E-state index in [0.717, 1.165) is 18.7 Å². The van der Waals surface area contributed by atoms with Gasteiger partial charge in [-0.15, -0.1) is 6.42 Å². The van der Waals surface area contributed by atoms with Crippen molar-refractivity contribution in [3.63, 3.8) is 0 Å². The van der Waals surface area contributed by atoms with E-state index in [2.05, 4.69) is 33.2 Å². The van der Waals surface area contributed by atoms with Gasteiger partial charge in [-0.25, -0.2) is 0 Å². The van der Waals surface area contributed by atoms with Gasteiger partial charge in [-0.3, -0.25) is 4.68 Å². The van der Waals surface area contributed by atoms with Crippen molar-refractivity contribution >= 4 is 11.3 Å². The fourth-order valence-corrected chi connectivity index (χ4v) is 2.36. The van der Waals surface area contributed by atoms with Crippen LogP contribution in [-0.4, -0.2) is 23.4 Å². The molecule has 0 spiro atoms. The van der Waals surface area contributed by atoms with E-state index in [4.69, 9.17) is 6.42 Å². The van der Waals surface area contributed by atoms with Gasteiger partial charge in [-0.1, -0.05) is 5.92 Å². The van der Waals surface area contributed by atoms with Crippen molar-refractivity contribution in [3.8, 4) is 23.6 Å². The quantitative estimate of drug-likeness (QED) is 0.817. The Bertz CT molecular complexity index is 505. The average molecular weight is 245 g/mol. The monoisotopic (exact) mass is 245 g/mol. The Balaban J connectivity index is 2.31. The zero-order chi connectivity index (χ0) is 12.1. The van der Waals surface area contributed by atoms with Gasteiger partial charge in [-0.05, 0) is 37.0 Å². The minimum absolute atomic E-state index is 0.524. The van der Waals surface area contributed by atoms with Crippen LogP contribution in [0.3, 0.4) is 0 Å². The van der Waals surface area contributed by atoms with Gasteiger partial charge in [0.1, 0.15) is 6.54 Å². The van der Waals surface area contributed by atoms with E-state index < -0.39 is 0 Å². The molecule has 0 aromatic carbocycles. The van der Waals surface area contributed by atoms with E-state index in [9.17, 15) is 0 Å².